The second-order valence-corrected chi connectivity index (χ2v) is 6.83. The SMILES string of the molecule is Cc1cccc(Cn2nccc2NC(=O)c2cccc(C)c2I)c1. The molecule has 24 heavy (non-hydrogen) atoms. The first kappa shape index (κ1) is 16.7. The number of amides is 1. The maximum Gasteiger partial charge on any atom is 0.257 e. The molecule has 0 saturated heterocycles. The Kier molecular flexibility index (Phi) is 4.99. The van der Waals surface area contributed by atoms with Crippen LogP contribution in [0.1, 0.15) is 27.0 Å². The highest BCUT2D eigenvalue weighted by Gasteiger charge is 2.13. The molecule has 3 aromatic rings. The van der Waals surface area contributed by atoms with Crippen LogP contribution >= 0.6 is 22.6 Å². The van der Waals surface area contributed by atoms with Crippen molar-refractivity contribution in [3.8, 4) is 0 Å². The summed E-state index contributed by atoms with van der Waals surface area (Å²) in [6.07, 6.45) is 1.70. The van der Waals surface area contributed by atoms with Crippen LogP contribution in [0.15, 0.2) is 54.7 Å². The summed E-state index contributed by atoms with van der Waals surface area (Å²) < 4.78 is 2.77. The first-order valence-electron chi connectivity index (χ1n) is 7.68. The lowest BCUT2D eigenvalue weighted by molar-refractivity contribution is 0.102. The Morgan fingerprint density at radius 2 is 1.96 bits per heavy atom. The molecule has 1 amide bonds. The molecule has 1 N–H and O–H groups in total. The average Bonchev–Trinajstić information content (AvgIpc) is 2.97. The summed E-state index contributed by atoms with van der Waals surface area (Å²) in [5.74, 6) is 0.577. The summed E-state index contributed by atoms with van der Waals surface area (Å²) in [6.45, 7) is 4.69. The lowest BCUT2D eigenvalue weighted by atomic mass is 10.1. The van der Waals surface area contributed by atoms with E-state index < -0.39 is 0 Å². The number of rotatable bonds is 4. The Labute approximate surface area is 155 Å². The van der Waals surface area contributed by atoms with Gasteiger partial charge in [0.2, 0.25) is 0 Å². The summed E-state index contributed by atoms with van der Waals surface area (Å²) in [4.78, 5) is 12.6. The molecule has 5 heteroatoms. The normalized spacial score (nSPS) is 10.6. The van der Waals surface area contributed by atoms with E-state index in [0.29, 0.717) is 17.9 Å². The van der Waals surface area contributed by atoms with Crippen molar-refractivity contribution < 1.29 is 4.79 Å². The van der Waals surface area contributed by atoms with Crippen LogP contribution in [0.5, 0.6) is 0 Å². The van der Waals surface area contributed by atoms with Gasteiger partial charge in [0.1, 0.15) is 5.82 Å². The lowest BCUT2D eigenvalue weighted by Crippen LogP contribution is -2.17. The van der Waals surface area contributed by atoms with E-state index in [9.17, 15) is 4.79 Å². The van der Waals surface area contributed by atoms with Gasteiger partial charge in [-0.25, -0.2) is 4.68 Å². The first-order valence-corrected chi connectivity index (χ1v) is 8.76. The highest BCUT2D eigenvalue weighted by molar-refractivity contribution is 14.1. The number of aromatic nitrogens is 2. The molecule has 4 nitrogen and oxygen atoms in total. The maximum absolute atomic E-state index is 12.6. The third-order valence-electron chi connectivity index (χ3n) is 3.81. The van der Waals surface area contributed by atoms with Gasteiger partial charge >= 0.3 is 0 Å². The predicted octanol–water partition coefficient (Wildman–Crippen LogP) is 4.41. The Morgan fingerprint density at radius 1 is 1.17 bits per heavy atom. The highest BCUT2D eigenvalue weighted by Crippen LogP contribution is 2.19. The molecule has 0 saturated carbocycles. The molecule has 0 spiro atoms. The highest BCUT2D eigenvalue weighted by atomic mass is 127. The van der Waals surface area contributed by atoms with Crippen LogP contribution in [0.4, 0.5) is 5.82 Å². The standard InChI is InChI=1S/C19H18IN3O/c1-13-5-3-7-15(11-13)12-23-17(9-10-21-23)22-19(24)16-8-4-6-14(2)18(16)20/h3-11H,12H2,1-2H3,(H,22,24). The zero-order chi connectivity index (χ0) is 17.1. The topological polar surface area (TPSA) is 46.9 Å². The van der Waals surface area contributed by atoms with E-state index in [2.05, 4.69) is 58.1 Å². The van der Waals surface area contributed by atoms with Crippen molar-refractivity contribution in [2.75, 3.05) is 5.32 Å². The van der Waals surface area contributed by atoms with Crippen LogP contribution in [0.3, 0.4) is 0 Å². The molecule has 1 heterocycles. The number of hydrogen-bond donors (Lipinski definition) is 1. The summed E-state index contributed by atoms with van der Waals surface area (Å²) in [5.41, 5.74) is 4.13. The van der Waals surface area contributed by atoms with E-state index in [4.69, 9.17) is 0 Å². The number of hydrogen-bond acceptors (Lipinski definition) is 2. The van der Waals surface area contributed by atoms with Crippen LogP contribution in [-0.2, 0) is 6.54 Å². The zero-order valence-electron chi connectivity index (χ0n) is 13.6. The van der Waals surface area contributed by atoms with Gasteiger partial charge in [0, 0.05) is 9.64 Å². The van der Waals surface area contributed by atoms with Crippen LogP contribution in [-0.4, -0.2) is 15.7 Å². The number of nitrogens with zero attached hydrogens (tertiary/aromatic N) is 2. The summed E-state index contributed by atoms with van der Waals surface area (Å²) in [5, 5.41) is 7.29. The number of aryl methyl sites for hydroxylation is 2. The molecule has 0 fully saturated rings. The molecule has 0 bridgehead atoms. The molecule has 0 atom stereocenters. The molecule has 0 aliphatic rings. The number of anilines is 1. The average molecular weight is 431 g/mol. The van der Waals surface area contributed by atoms with Gasteiger partial charge in [0.15, 0.2) is 0 Å². The van der Waals surface area contributed by atoms with Gasteiger partial charge in [-0.1, -0.05) is 42.0 Å². The number of benzene rings is 2. The molecule has 3 rings (SSSR count). The van der Waals surface area contributed by atoms with E-state index >= 15 is 0 Å². The largest absolute Gasteiger partial charge is 0.307 e. The number of halogens is 1. The minimum absolute atomic E-state index is 0.117. The fourth-order valence-corrected chi connectivity index (χ4v) is 3.16. The van der Waals surface area contributed by atoms with Crippen LogP contribution in [0.2, 0.25) is 0 Å². The molecule has 1 aromatic heterocycles. The predicted molar refractivity (Wildman–Crippen MR) is 104 cm³/mol. The fraction of sp³-hybridized carbons (Fsp3) is 0.158. The first-order chi connectivity index (χ1) is 11.5. The molecular formula is C19H18IN3O. The molecule has 0 aliphatic carbocycles. The molecule has 0 aliphatic heterocycles. The monoisotopic (exact) mass is 431 g/mol. The number of nitrogens with one attached hydrogen (secondary N) is 1. The summed E-state index contributed by atoms with van der Waals surface area (Å²) >= 11 is 2.21. The summed E-state index contributed by atoms with van der Waals surface area (Å²) in [6, 6.07) is 15.8. The molecule has 2 aromatic carbocycles. The second kappa shape index (κ2) is 7.17. The Hall–Kier alpha value is -2.15. The van der Waals surface area contributed by atoms with Crippen molar-refractivity contribution in [2.45, 2.75) is 20.4 Å². The quantitative estimate of drug-likeness (QED) is 0.623. The Bertz CT molecular complexity index is 886. The summed E-state index contributed by atoms with van der Waals surface area (Å²) in [7, 11) is 0. The maximum atomic E-state index is 12.6. The third kappa shape index (κ3) is 3.67. The van der Waals surface area contributed by atoms with Gasteiger partial charge in [-0.15, -0.1) is 0 Å². The van der Waals surface area contributed by atoms with Crippen molar-refractivity contribution >= 4 is 34.3 Å². The van der Waals surface area contributed by atoms with Gasteiger partial charge < -0.3 is 5.32 Å². The minimum Gasteiger partial charge on any atom is -0.307 e. The van der Waals surface area contributed by atoms with Gasteiger partial charge in [-0.2, -0.15) is 5.10 Å². The number of carbonyl (C=O) groups is 1. The van der Waals surface area contributed by atoms with E-state index in [1.807, 2.05) is 37.3 Å². The van der Waals surface area contributed by atoms with Crippen LogP contribution < -0.4 is 5.32 Å². The smallest absolute Gasteiger partial charge is 0.257 e. The second-order valence-electron chi connectivity index (χ2n) is 5.75. The third-order valence-corrected chi connectivity index (χ3v) is 5.24. The van der Waals surface area contributed by atoms with Gasteiger partial charge in [0.05, 0.1) is 18.3 Å². The van der Waals surface area contributed by atoms with E-state index in [0.717, 1.165) is 14.7 Å². The van der Waals surface area contributed by atoms with Crippen molar-refractivity contribution in [1.29, 1.82) is 0 Å². The fourth-order valence-electron chi connectivity index (χ4n) is 2.55. The van der Waals surface area contributed by atoms with E-state index in [1.165, 1.54) is 5.56 Å². The Balaban J connectivity index is 1.80. The number of carbonyl (C=O) groups excluding carboxylic acids is 1. The van der Waals surface area contributed by atoms with Crippen molar-refractivity contribution in [2.24, 2.45) is 0 Å². The minimum atomic E-state index is -0.117. The van der Waals surface area contributed by atoms with Crippen molar-refractivity contribution in [3.63, 3.8) is 0 Å². The molecular weight excluding hydrogens is 413 g/mol. The van der Waals surface area contributed by atoms with Gasteiger partial charge in [0.25, 0.3) is 5.91 Å². The van der Waals surface area contributed by atoms with Crippen molar-refractivity contribution in [1.82, 2.24) is 9.78 Å². The molecule has 0 unspecified atom stereocenters. The molecule has 0 radical (unpaired) electrons. The van der Waals surface area contributed by atoms with E-state index in [1.54, 1.807) is 10.9 Å². The van der Waals surface area contributed by atoms with E-state index in [-0.39, 0.29) is 5.91 Å². The molecule has 122 valence electrons. The van der Waals surface area contributed by atoms with Crippen LogP contribution in [0, 0.1) is 17.4 Å². The van der Waals surface area contributed by atoms with Gasteiger partial charge in [-0.3, -0.25) is 4.79 Å². The zero-order valence-corrected chi connectivity index (χ0v) is 15.7. The Morgan fingerprint density at radius 3 is 2.75 bits per heavy atom. The van der Waals surface area contributed by atoms with Crippen molar-refractivity contribution in [3.05, 3.63) is 80.6 Å². The van der Waals surface area contributed by atoms with Gasteiger partial charge in [-0.05, 0) is 53.6 Å². The van der Waals surface area contributed by atoms with Crippen LogP contribution in [0.25, 0.3) is 0 Å². The lowest BCUT2D eigenvalue weighted by Gasteiger charge is -2.11.